The fourth-order valence-electron chi connectivity index (χ4n) is 3.24. The van der Waals surface area contributed by atoms with Gasteiger partial charge in [-0.1, -0.05) is 0 Å². The first kappa shape index (κ1) is 21.3. The van der Waals surface area contributed by atoms with E-state index in [-0.39, 0.29) is 48.2 Å². The standard InChI is InChI=1S/C20H22FN3O6/c1-20(2,3)30-19(29)24-8-6-23(7-9-24)17(26)16(25)12-10-22-15-11(18(27)28)4-5-13(21)14(12)15/h4-5,10,22H,6-9H2,1-3H3,(H,27,28). The summed E-state index contributed by atoms with van der Waals surface area (Å²) in [5, 5.41) is 8.99. The average molecular weight is 419 g/mol. The molecule has 0 unspecified atom stereocenters. The van der Waals surface area contributed by atoms with E-state index in [1.165, 1.54) is 9.80 Å². The van der Waals surface area contributed by atoms with Crippen molar-refractivity contribution in [2.75, 3.05) is 26.2 Å². The first-order chi connectivity index (χ1) is 14.0. The molecule has 1 aromatic carbocycles. The summed E-state index contributed by atoms with van der Waals surface area (Å²) in [4.78, 5) is 54.1. The number of rotatable bonds is 3. The number of ether oxygens (including phenoxy) is 1. The van der Waals surface area contributed by atoms with Crippen molar-refractivity contribution in [3.63, 3.8) is 0 Å². The number of ketones is 1. The highest BCUT2D eigenvalue weighted by Gasteiger charge is 2.32. The number of benzene rings is 1. The van der Waals surface area contributed by atoms with Crippen LogP contribution in [-0.2, 0) is 9.53 Å². The predicted octanol–water partition coefficient (Wildman–Crippen LogP) is 2.27. The van der Waals surface area contributed by atoms with Gasteiger partial charge in [0, 0.05) is 37.8 Å². The Hall–Kier alpha value is -3.43. The second kappa shape index (κ2) is 7.77. The average Bonchev–Trinajstić information content (AvgIpc) is 3.11. The van der Waals surface area contributed by atoms with Crippen LogP contribution in [0.3, 0.4) is 0 Å². The Balaban J connectivity index is 1.75. The van der Waals surface area contributed by atoms with Gasteiger partial charge in [0.15, 0.2) is 0 Å². The number of Topliss-reactive ketones (excluding diaryl/α,β-unsaturated/α-hetero) is 1. The van der Waals surface area contributed by atoms with E-state index in [1.54, 1.807) is 20.8 Å². The van der Waals surface area contributed by atoms with Crippen LogP contribution in [0.1, 0.15) is 41.5 Å². The van der Waals surface area contributed by atoms with Gasteiger partial charge < -0.3 is 24.6 Å². The fraction of sp³-hybridized carbons (Fsp3) is 0.400. The van der Waals surface area contributed by atoms with Gasteiger partial charge in [-0.3, -0.25) is 9.59 Å². The highest BCUT2D eigenvalue weighted by Crippen LogP contribution is 2.26. The molecule has 10 heteroatoms. The van der Waals surface area contributed by atoms with E-state index in [2.05, 4.69) is 4.98 Å². The minimum atomic E-state index is -1.29. The number of carbonyl (C=O) groups excluding carboxylic acids is 3. The second-order valence-corrected chi connectivity index (χ2v) is 7.94. The maximum absolute atomic E-state index is 14.3. The highest BCUT2D eigenvalue weighted by atomic mass is 19.1. The van der Waals surface area contributed by atoms with Crippen molar-refractivity contribution < 1.29 is 33.4 Å². The Bertz CT molecular complexity index is 1030. The van der Waals surface area contributed by atoms with E-state index in [9.17, 15) is 28.7 Å². The van der Waals surface area contributed by atoms with Gasteiger partial charge in [0.05, 0.1) is 16.6 Å². The van der Waals surface area contributed by atoms with Crippen molar-refractivity contribution in [3.8, 4) is 0 Å². The molecule has 0 radical (unpaired) electrons. The number of fused-ring (bicyclic) bond motifs is 1. The number of aromatic nitrogens is 1. The molecule has 0 spiro atoms. The number of piperazine rings is 1. The predicted molar refractivity (Wildman–Crippen MR) is 104 cm³/mol. The Morgan fingerprint density at radius 3 is 2.20 bits per heavy atom. The van der Waals surface area contributed by atoms with Crippen LogP contribution in [0.25, 0.3) is 10.9 Å². The molecule has 2 heterocycles. The summed E-state index contributed by atoms with van der Waals surface area (Å²) < 4.78 is 19.6. The van der Waals surface area contributed by atoms with Crippen LogP contribution in [0.2, 0.25) is 0 Å². The molecule has 30 heavy (non-hydrogen) atoms. The summed E-state index contributed by atoms with van der Waals surface area (Å²) in [5.74, 6) is -3.89. The van der Waals surface area contributed by atoms with Gasteiger partial charge in [-0.05, 0) is 32.9 Å². The lowest BCUT2D eigenvalue weighted by Crippen LogP contribution is -2.53. The third-order valence-corrected chi connectivity index (χ3v) is 4.67. The van der Waals surface area contributed by atoms with Gasteiger partial charge in [0.25, 0.3) is 11.7 Å². The van der Waals surface area contributed by atoms with Crippen molar-refractivity contribution in [1.82, 2.24) is 14.8 Å². The van der Waals surface area contributed by atoms with Crippen LogP contribution in [0.15, 0.2) is 18.3 Å². The summed E-state index contributed by atoms with van der Waals surface area (Å²) in [7, 11) is 0. The molecule has 2 aromatic rings. The SMILES string of the molecule is CC(C)(C)OC(=O)N1CCN(C(=O)C(=O)c2c[nH]c3c(C(=O)O)ccc(F)c23)CC1. The number of nitrogens with zero attached hydrogens (tertiary/aromatic N) is 2. The van der Waals surface area contributed by atoms with E-state index < -0.39 is 35.2 Å². The Labute approximate surface area is 171 Å². The molecule has 3 rings (SSSR count). The monoisotopic (exact) mass is 419 g/mol. The molecule has 1 fully saturated rings. The number of carbonyl (C=O) groups is 4. The van der Waals surface area contributed by atoms with Gasteiger partial charge in [-0.15, -0.1) is 0 Å². The molecule has 2 N–H and O–H groups in total. The third-order valence-electron chi connectivity index (χ3n) is 4.67. The largest absolute Gasteiger partial charge is 0.478 e. The lowest BCUT2D eigenvalue weighted by atomic mass is 10.0. The number of nitrogens with one attached hydrogen (secondary N) is 1. The van der Waals surface area contributed by atoms with E-state index in [1.807, 2.05) is 0 Å². The van der Waals surface area contributed by atoms with Crippen LogP contribution in [0, 0.1) is 5.82 Å². The van der Waals surface area contributed by atoms with E-state index >= 15 is 0 Å². The molecule has 2 amide bonds. The smallest absolute Gasteiger partial charge is 0.410 e. The number of carboxylic acid groups (broad SMARTS) is 1. The van der Waals surface area contributed by atoms with Gasteiger partial charge in [0.1, 0.15) is 11.4 Å². The first-order valence-corrected chi connectivity index (χ1v) is 9.34. The maximum atomic E-state index is 14.3. The number of hydrogen-bond acceptors (Lipinski definition) is 5. The zero-order chi connectivity index (χ0) is 22.2. The number of aromatic carboxylic acids is 1. The lowest BCUT2D eigenvalue weighted by molar-refractivity contribution is -0.128. The van der Waals surface area contributed by atoms with Crippen LogP contribution in [0.5, 0.6) is 0 Å². The molecule has 0 saturated carbocycles. The second-order valence-electron chi connectivity index (χ2n) is 7.94. The Morgan fingerprint density at radius 1 is 1.03 bits per heavy atom. The Kier molecular flexibility index (Phi) is 5.51. The molecule has 0 atom stereocenters. The maximum Gasteiger partial charge on any atom is 0.410 e. The molecule has 0 bridgehead atoms. The first-order valence-electron chi connectivity index (χ1n) is 9.34. The molecule has 1 aliphatic heterocycles. The normalized spacial score (nSPS) is 14.7. The van der Waals surface area contributed by atoms with Crippen molar-refractivity contribution in [2.24, 2.45) is 0 Å². The quantitative estimate of drug-likeness (QED) is 0.582. The van der Waals surface area contributed by atoms with E-state index in [4.69, 9.17) is 4.74 Å². The van der Waals surface area contributed by atoms with Gasteiger partial charge in [0.2, 0.25) is 0 Å². The van der Waals surface area contributed by atoms with E-state index in [0.29, 0.717) is 0 Å². The molecule has 160 valence electrons. The van der Waals surface area contributed by atoms with E-state index in [0.717, 1.165) is 18.3 Å². The fourth-order valence-corrected chi connectivity index (χ4v) is 3.24. The lowest BCUT2D eigenvalue weighted by Gasteiger charge is -2.35. The van der Waals surface area contributed by atoms with Crippen molar-refractivity contribution in [2.45, 2.75) is 26.4 Å². The van der Waals surface area contributed by atoms with Crippen molar-refractivity contribution in [1.29, 1.82) is 0 Å². The summed E-state index contributed by atoms with van der Waals surface area (Å²) in [6.45, 7) is 5.88. The van der Waals surface area contributed by atoms with Crippen molar-refractivity contribution >= 4 is 34.7 Å². The number of carboxylic acids is 1. The summed E-state index contributed by atoms with van der Waals surface area (Å²) >= 11 is 0. The molecule has 1 saturated heterocycles. The molecule has 0 aliphatic carbocycles. The van der Waals surface area contributed by atoms with Crippen LogP contribution in [-0.4, -0.2) is 75.4 Å². The molecule has 1 aromatic heterocycles. The minimum absolute atomic E-state index is 0.0617. The highest BCUT2D eigenvalue weighted by molar-refractivity contribution is 6.45. The molecular weight excluding hydrogens is 397 g/mol. The van der Waals surface area contributed by atoms with Gasteiger partial charge in [-0.25, -0.2) is 14.0 Å². The van der Waals surface area contributed by atoms with Crippen LogP contribution < -0.4 is 0 Å². The van der Waals surface area contributed by atoms with Crippen LogP contribution in [0.4, 0.5) is 9.18 Å². The molecule has 9 nitrogen and oxygen atoms in total. The number of H-pyrrole nitrogens is 1. The van der Waals surface area contributed by atoms with Crippen molar-refractivity contribution in [3.05, 3.63) is 35.3 Å². The number of halogens is 1. The molecule has 1 aliphatic rings. The third kappa shape index (κ3) is 4.12. The molecular formula is C20H22FN3O6. The number of hydrogen-bond donors (Lipinski definition) is 2. The van der Waals surface area contributed by atoms with Gasteiger partial charge in [-0.2, -0.15) is 0 Å². The zero-order valence-corrected chi connectivity index (χ0v) is 16.8. The number of aromatic amines is 1. The van der Waals surface area contributed by atoms with Gasteiger partial charge >= 0.3 is 12.1 Å². The summed E-state index contributed by atoms with van der Waals surface area (Å²) in [6, 6.07) is 2.03. The zero-order valence-electron chi connectivity index (χ0n) is 16.8. The number of amides is 2. The summed E-state index contributed by atoms with van der Waals surface area (Å²) in [6.07, 6.45) is 0.637. The topological polar surface area (TPSA) is 120 Å². The summed E-state index contributed by atoms with van der Waals surface area (Å²) in [5.41, 5.74) is -1.14. The van der Waals surface area contributed by atoms with Crippen LogP contribution >= 0.6 is 0 Å². The minimum Gasteiger partial charge on any atom is -0.478 e. The Morgan fingerprint density at radius 2 is 1.63 bits per heavy atom.